The number of benzene rings is 2. The normalized spacial score (nSPS) is 10.2. The average molecular weight is 302 g/mol. The van der Waals surface area contributed by atoms with Gasteiger partial charge < -0.3 is 9.47 Å². The minimum absolute atomic E-state index is 0.0442. The Kier molecular flexibility index (Phi) is 5.28. The van der Waals surface area contributed by atoms with Crippen LogP contribution in [-0.2, 0) is 0 Å². The molecular weight excluding hydrogens is 284 g/mol. The van der Waals surface area contributed by atoms with Crippen LogP contribution >= 0.6 is 11.8 Å². The van der Waals surface area contributed by atoms with E-state index >= 15 is 0 Å². The van der Waals surface area contributed by atoms with Crippen molar-refractivity contribution in [1.82, 2.24) is 0 Å². The lowest BCUT2D eigenvalue weighted by molar-refractivity contribution is 0.101. The minimum Gasteiger partial charge on any atom is -0.497 e. The van der Waals surface area contributed by atoms with Crippen LogP contribution in [0.4, 0.5) is 0 Å². The summed E-state index contributed by atoms with van der Waals surface area (Å²) < 4.78 is 10.4. The summed E-state index contributed by atoms with van der Waals surface area (Å²) in [4.78, 5) is 13.5. The zero-order chi connectivity index (χ0) is 15.2. The van der Waals surface area contributed by atoms with Crippen LogP contribution in [0.15, 0.2) is 47.4 Å². The molecule has 4 heteroatoms. The van der Waals surface area contributed by atoms with Gasteiger partial charge in [0.25, 0.3) is 0 Å². The lowest BCUT2D eigenvalue weighted by Gasteiger charge is -2.10. The van der Waals surface area contributed by atoms with Crippen molar-refractivity contribution in [3.8, 4) is 11.5 Å². The van der Waals surface area contributed by atoms with Gasteiger partial charge in [0.15, 0.2) is 5.78 Å². The number of rotatable bonds is 6. The van der Waals surface area contributed by atoms with Crippen LogP contribution in [0.25, 0.3) is 0 Å². The van der Waals surface area contributed by atoms with Gasteiger partial charge >= 0.3 is 0 Å². The van der Waals surface area contributed by atoms with Crippen LogP contribution in [0.5, 0.6) is 11.5 Å². The monoisotopic (exact) mass is 302 g/mol. The fourth-order valence-electron chi connectivity index (χ4n) is 1.97. The van der Waals surface area contributed by atoms with Crippen LogP contribution in [0, 0.1) is 6.92 Å². The first-order valence-corrected chi connectivity index (χ1v) is 7.58. The van der Waals surface area contributed by atoms with Crippen LogP contribution in [0.2, 0.25) is 0 Å². The topological polar surface area (TPSA) is 35.5 Å². The fourth-order valence-corrected chi connectivity index (χ4v) is 2.88. The number of carbonyl (C=O) groups is 1. The number of hydrogen-bond acceptors (Lipinski definition) is 4. The van der Waals surface area contributed by atoms with E-state index in [2.05, 4.69) is 0 Å². The standard InChI is InChI=1S/C17H18O3S/c1-12-6-4-5-7-17(12)21-11-15(18)14-9-8-13(19-2)10-16(14)20-3/h4-10H,11H2,1-3H3. The van der Waals surface area contributed by atoms with Crippen molar-refractivity contribution in [3.63, 3.8) is 0 Å². The van der Waals surface area contributed by atoms with Gasteiger partial charge in [0, 0.05) is 11.0 Å². The van der Waals surface area contributed by atoms with Gasteiger partial charge in [0.1, 0.15) is 11.5 Å². The van der Waals surface area contributed by atoms with E-state index in [9.17, 15) is 4.79 Å². The second-order valence-electron chi connectivity index (χ2n) is 4.54. The molecular formula is C17H18O3S. The first-order valence-electron chi connectivity index (χ1n) is 6.59. The molecule has 2 aromatic rings. The fraction of sp³-hybridized carbons (Fsp3) is 0.235. The minimum atomic E-state index is 0.0442. The van der Waals surface area contributed by atoms with Crippen molar-refractivity contribution in [1.29, 1.82) is 0 Å². The number of hydrogen-bond donors (Lipinski definition) is 0. The number of methoxy groups -OCH3 is 2. The van der Waals surface area contributed by atoms with Gasteiger partial charge in [-0.25, -0.2) is 0 Å². The predicted molar refractivity (Wildman–Crippen MR) is 85.8 cm³/mol. The number of ether oxygens (including phenoxy) is 2. The van der Waals surface area contributed by atoms with Gasteiger partial charge in [0.2, 0.25) is 0 Å². The Bertz CT molecular complexity index is 638. The molecule has 0 bridgehead atoms. The van der Waals surface area contributed by atoms with Gasteiger partial charge in [0.05, 0.1) is 25.5 Å². The average Bonchev–Trinajstić information content (AvgIpc) is 2.53. The highest BCUT2D eigenvalue weighted by Crippen LogP contribution is 2.28. The van der Waals surface area contributed by atoms with Gasteiger partial charge in [-0.15, -0.1) is 11.8 Å². The third kappa shape index (κ3) is 3.79. The summed E-state index contributed by atoms with van der Waals surface area (Å²) in [6.07, 6.45) is 0. The van der Waals surface area contributed by atoms with Crippen molar-refractivity contribution < 1.29 is 14.3 Å². The summed E-state index contributed by atoms with van der Waals surface area (Å²) in [5.74, 6) is 1.65. The van der Waals surface area contributed by atoms with Crippen molar-refractivity contribution >= 4 is 17.5 Å². The molecule has 0 aromatic heterocycles. The molecule has 3 nitrogen and oxygen atoms in total. The molecule has 0 saturated carbocycles. The lowest BCUT2D eigenvalue weighted by Crippen LogP contribution is -2.05. The number of Topliss-reactive ketones (excluding diaryl/α,β-unsaturated/α-hetero) is 1. The molecule has 2 aromatic carbocycles. The highest BCUT2D eigenvalue weighted by Gasteiger charge is 2.14. The number of ketones is 1. The van der Waals surface area contributed by atoms with Crippen LogP contribution in [-0.4, -0.2) is 25.8 Å². The second kappa shape index (κ2) is 7.18. The smallest absolute Gasteiger partial charge is 0.176 e. The summed E-state index contributed by atoms with van der Waals surface area (Å²) in [5, 5.41) is 0. The van der Waals surface area contributed by atoms with E-state index in [-0.39, 0.29) is 5.78 Å². The quantitative estimate of drug-likeness (QED) is 0.597. The molecule has 0 aliphatic carbocycles. The first-order chi connectivity index (χ1) is 10.2. The summed E-state index contributed by atoms with van der Waals surface area (Å²) >= 11 is 1.54. The predicted octanol–water partition coefficient (Wildman–Crippen LogP) is 3.99. The largest absolute Gasteiger partial charge is 0.497 e. The molecule has 0 spiro atoms. The Labute approximate surface area is 129 Å². The van der Waals surface area contributed by atoms with Crippen molar-refractivity contribution in [2.45, 2.75) is 11.8 Å². The molecule has 0 N–H and O–H groups in total. The maximum atomic E-state index is 12.4. The summed E-state index contributed by atoms with van der Waals surface area (Å²) in [7, 11) is 3.14. The Morgan fingerprint density at radius 1 is 1.10 bits per heavy atom. The summed E-state index contributed by atoms with van der Waals surface area (Å²) in [5.41, 5.74) is 1.76. The SMILES string of the molecule is COc1ccc(C(=O)CSc2ccccc2C)c(OC)c1. The lowest BCUT2D eigenvalue weighted by atomic mass is 10.1. The zero-order valence-electron chi connectivity index (χ0n) is 12.4. The molecule has 0 heterocycles. The molecule has 0 aliphatic rings. The Hall–Kier alpha value is -1.94. The molecule has 0 fully saturated rings. The van der Waals surface area contributed by atoms with Gasteiger partial charge in [-0.1, -0.05) is 18.2 Å². The summed E-state index contributed by atoms with van der Waals surface area (Å²) in [6, 6.07) is 13.3. The first kappa shape index (κ1) is 15.4. The van der Waals surface area contributed by atoms with E-state index in [4.69, 9.17) is 9.47 Å². The molecule has 0 aliphatic heterocycles. The van der Waals surface area contributed by atoms with Crippen LogP contribution < -0.4 is 9.47 Å². The third-order valence-electron chi connectivity index (χ3n) is 3.16. The highest BCUT2D eigenvalue weighted by atomic mass is 32.2. The van der Waals surface area contributed by atoms with Gasteiger partial charge in [-0.2, -0.15) is 0 Å². The van der Waals surface area contributed by atoms with E-state index in [0.29, 0.717) is 22.8 Å². The molecule has 0 saturated heterocycles. The summed E-state index contributed by atoms with van der Waals surface area (Å²) in [6.45, 7) is 2.04. The van der Waals surface area contributed by atoms with Crippen molar-refractivity contribution in [3.05, 3.63) is 53.6 Å². The Balaban J connectivity index is 2.12. The Morgan fingerprint density at radius 2 is 1.86 bits per heavy atom. The van der Waals surface area contributed by atoms with Gasteiger partial charge in [-0.3, -0.25) is 4.79 Å². The molecule has 0 atom stereocenters. The van der Waals surface area contributed by atoms with E-state index in [1.54, 1.807) is 44.2 Å². The van der Waals surface area contributed by atoms with Crippen molar-refractivity contribution in [2.75, 3.05) is 20.0 Å². The number of thioether (sulfide) groups is 1. The van der Waals surface area contributed by atoms with Gasteiger partial charge in [-0.05, 0) is 30.7 Å². The van der Waals surface area contributed by atoms with Crippen molar-refractivity contribution in [2.24, 2.45) is 0 Å². The second-order valence-corrected chi connectivity index (χ2v) is 5.56. The molecule has 21 heavy (non-hydrogen) atoms. The number of aryl methyl sites for hydroxylation is 1. The maximum Gasteiger partial charge on any atom is 0.176 e. The highest BCUT2D eigenvalue weighted by molar-refractivity contribution is 8.00. The molecule has 0 unspecified atom stereocenters. The van der Waals surface area contributed by atoms with E-state index in [1.165, 1.54) is 5.56 Å². The Morgan fingerprint density at radius 3 is 2.52 bits per heavy atom. The zero-order valence-corrected chi connectivity index (χ0v) is 13.2. The molecule has 0 amide bonds. The number of carbonyl (C=O) groups excluding carboxylic acids is 1. The van der Waals surface area contributed by atoms with E-state index < -0.39 is 0 Å². The molecule has 0 radical (unpaired) electrons. The molecule has 2 rings (SSSR count). The van der Waals surface area contributed by atoms with E-state index in [0.717, 1.165) is 4.90 Å². The maximum absolute atomic E-state index is 12.4. The molecule has 110 valence electrons. The van der Waals surface area contributed by atoms with Crippen LogP contribution in [0.3, 0.4) is 0 Å². The van der Waals surface area contributed by atoms with E-state index in [1.807, 2.05) is 31.2 Å². The third-order valence-corrected chi connectivity index (χ3v) is 4.34. The van der Waals surface area contributed by atoms with Crippen LogP contribution in [0.1, 0.15) is 15.9 Å².